The minimum Gasteiger partial charge on any atom is -0.326 e. The topological polar surface area (TPSA) is 29.3 Å². The van der Waals surface area contributed by atoms with Gasteiger partial charge in [-0.2, -0.15) is 0 Å². The minimum absolute atomic E-state index is 0.115. The molecule has 0 aliphatic carbocycles. The van der Waals surface area contributed by atoms with Crippen molar-refractivity contribution >= 4 is 0 Å². The van der Waals surface area contributed by atoms with Gasteiger partial charge < -0.3 is 5.73 Å². The maximum Gasteiger partial charge on any atom is 0.163 e. The van der Waals surface area contributed by atoms with Crippen LogP contribution in [0.15, 0.2) is 18.2 Å². The normalized spacial score (nSPS) is 26.2. The molecule has 2 N–H and O–H groups in total. The number of halogens is 2. The lowest BCUT2D eigenvalue weighted by molar-refractivity contribution is 0.253. The zero-order valence-electron chi connectivity index (χ0n) is 9.29. The third-order valence-electron chi connectivity index (χ3n) is 3.25. The number of likely N-dealkylation sites (tertiary alicyclic amines) is 1. The number of nitrogens with two attached hydrogens (primary N) is 1. The molecule has 0 radical (unpaired) electrons. The van der Waals surface area contributed by atoms with Gasteiger partial charge in [0.25, 0.3) is 0 Å². The molecule has 2 unspecified atom stereocenters. The summed E-state index contributed by atoms with van der Waals surface area (Å²) in [4.78, 5) is 2.09. The van der Waals surface area contributed by atoms with Gasteiger partial charge in [-0.25, -0.2) is 8.78 Å². The molecule has 0 bridgehead atoms. The highest BCUT2D eigenvalue weighted by Gasteiger charge is 2.34. The fourth-order valence-corrected chi connectivity index (χ4v) is 2.41. The average molecular weight is 226 g/mol. The molecule has 2 atom stereocenters. The Kier molecular flexibility index (Phi) is 3.21. The highest BCUT2D eigenvalue weighted by atomic mass is 19.2. The molecule has 0 spiro atoms. The lowest BCUT2D eigenvalue weighted by atomic mass is 10.00. The molecule has 16 heavy (non-hydrogen) atoms. The summed E-state index contributed by atoms with van der Waals surface area (Å²) >= 11 is 0. The van der Waals surface area contributed by atoms with E-state index in [1.165, 1.54) is 6.07 Å². The number of likely N-dealkylation sites (N-methyl/N-ethyl adjacent to an activating group) is 1. The zero-order chi connectivity index (χ0) is 11.7. The first kappa shape index (κ1) is 11.5. The number of hydrogen-bond acceptors (Lipinski definition) is 2. The Morgan fingerprint density at radius 1 is 1.44 bits per heavy atom. The zero-order valence-corrected chi connectivity index (χ0v) is 9.29. The van der Waals surface area contributed by atoms with Crippen LogP contribution in [0.25, 0.3) is 0 Å². The Balaban J connectivity index is 2.38. The molecule has 2 nitrogen and oxygen atoms in total. The molecule has 1 heterocycles. The smallest absolute Gasteiger partial charge is 0.163 e. The molecule has 1 fully saturated rings. The Morgan fingerprint density at radius 3 is 2.88 bits per heavy atom. The molecule has 1 aromatic rings. The fourth-order valence-electron chi connectivity index (χ4n) is 2.41. The van der Waals surface area contributed by atoms with Crippen molar-refractivity contribution in [2.45, 2.75) is 25.4 Å². The second-order valence-electron chi connectivity index (χ2n) is 4.17. The lowest BCUT2D eigenvalue weighted by Crippen LogP contribution is -2.32. The van der Waals surface area contributed by atoms with E-state index in [1.807, 2.05) is 6.92 Å². The van der Waals surface area contributed by atoms with Crippen molar-refractivity contribution in [2.75, 3.05) is 13.1 Å². The van der Waals surface area contributed by atoms with Gasteiger partial charge in [0.05, 0.1) is 6.04 Å². The molecule has 1 saturated heterocycles. The van der Waals surface area contributed by atoms with E-state index in [-0.39, 0.29) is 12.1 Å². The number of nitrogens with zero attached hydrogens (tertiary/aromatic N) is 1. The third-order valence-corrected chi connectivity index (χ3v) is 3.25. The van der Waals surface area contributed by atoms with Crippen LogP contribution >= 0.6 is 0 Å². The Labute approximate surface area is 94.0 Å². The predicted molar refractivity (Wildman–Crippen MR) is 58.9 cm³/mol. The summed E-state index contributed by atoms with van der Waals surface area (Å²) in [7, 11) is 0. The predicted octanol–water partition coefficient (Wildman–Crippen LogP) is 2.06. The highest BCUT2D eigenvalue weighted by Crippen LogP contribution is 2.32. The van der Waals surface area contributed by atoms with Gasteiger partial charge in [0.1, 0.15) is 0 Å². The molecule has 2 rings (SSSR count). The van der Waals surface area contributed by atoms with E-state index in [1.54, 1.807) is 6.07 Å². The van der Waals surface area contributed by atoms with Crippen LogP contribution < -0.4 is 5.73 Å². The van der Waals surface area contributed by atoms with E-state index >= 15 is 0 Å². The van der Waals surface area contributed by atoms with Crippen molar-refractivity contribution in [3.63, 3.8) is 0 Å². The van der Waals surface area contributed by atoms with E-state index in [2.05, 4.69) is 4.90 Å². The summed E-state index contributed by atoms with van der Waals surface area (Å²) in [6, 6.07) is 3.98. The van der Waals surface area contributed by atoms with E-state index in [0.717, 1.165) is 25.6 Å². The van der Waals surface area contributed by atoms with E-state index in [4.69, 9.17) is 5.73 Å². The summed E-state index contributed by atoms with van der Waals surface area (Å²) in [5.74, 6) is -1.56. The van der Waals surface area contributed by atoms with Gasteiger partial charge in [-0.3, -0.25) is 4.90 Å². The Hall–Kier alpha value is -1.00. The van der Waals surface area contributed by atoms with Crippen molar-refractivity contribution in [1.82, 2.24) is 4.90 Å². The van der Waals surface area contributed by atoms with Crippen LogP contribution in [0.5, 0.6) is 0 Å². The molecule has 1 aromatic carbocycles. The maximum absolute atomic E-state index is 13.7. The van der Waals surface area contributed by atoms with Crippen LogP contribution in [0.1, 0.15) is 24.9 Å². The van der Waals surface area contributed by atoms with Gasteiger partial charge in [0.2, 0.25) is 0 Å². The molecule has 1 aliphatic heterocycles. The second-order valence-corrected chi connectivity index (χ2v) is 4.17. The van der Waals surface area contributed by atoms with Crippen molar-refractivity contribution in [2.24, 2.45) is 5.73 Å². The summed E-state index contributed by atoms with van der Waals surface area (Å²) in [5.41, 5.74) is 6.35. The van der Waals surface area contributed by atoms with Crippen molar-refractivity contribution in [3.8, 4) is 0 Å². The van der Waals surface area contributed by atoms with Gasteiger partial charge in [-0.15, -0.1) is 0 Å². The van der Waals surface area contributed by atoms with Crippen LogP contribution in [0, 0.1) is 11.6 Å². The van der Waals surface area contributed by atoms with Gasteiger partial charge in [0.15, 0.2) is 11.6 Å². The van der Waals surface area contributed by atoms with E-state index in [0.29, 0.717) is 5.56 Å². The first-order chi connectivity index (χ1) is 7.65. The van der Waals surface area contributed by atoms with Crippen LogP contribution in [0.4, 0.5) is 8.78 Å². The molecular formula is C12H16F2N2. The fraction of sp³-hybridized carbons (Fsp3) is 0.500. The third kappa shape index (κ3) is 1.83. The molecule has 88 valence electrons. The summed E-state index contributed by atoms with van der Waals surface area (Å²) in [5, 5.41) is 0. The highest BCUT2D eigenvalue weighted by molar-refractivity contribution is 5.25. The van der Waals surface area contributed by atoms with Crippen LogP contribution in [0.3, 0.4) is 0 Å². The van der Waals surface area contributed by atoms with E-state index in [9.17, 15) is 8.78 Å². The Morgan fingerprint density at radius 2 is 2.19 bits per heavy atom. The van der Waals surface area contributed by atoms with Gasteiger partial charge >= 0.3 is 0 Å². The van der Waals surface area contributed by atoms with Crippen molar-refractivity contribution in [3.05, 3.63) is 35.4 Å². The standard InChI is InChI=1S/C12H16F2N2/c1-2-16-7-6-10(15)12(16)8-4-3-5-9(13)11(8)14/h3-5,10,12H,2,6-7,15H2,1H3. The first-order valence-corrected chi connectivity index (χ1v) is 5.58. The Bertz CT molecular complexity index is 381. The van der Waals surface area contributed by atoms with Crippen LogP contribution in [-0.4, -0.2) is 24.0 Å². The number of hydrogen-bond donors (Lipinski definition) is 1. The molecule has 1 aliphatic rings. The molecule has 0 amide bonds. The summed E-state index contributed by atoms with van der Waals surface area (Å²) < 4.78 is 26.8. The monoisotopic (exact) mass is 226 g/mol. The van der Waals surface area contributed by atoms with Crippen molar-refractivity contribution < 1.29 is 8.78 Å². The maximum atomic E-state index is 13.7. The largest absolute Gasteiger partial charge is 0.326 e. The minimum atomic E-state index is -0.798. The van der Waals surface area contributed by atoms with Gasteiger partial charge in [-0.05, 0) is 19.0 Å². The average Bonchev–Trinajstić information content (AvgIpc) is 2.64. The molecule has 0 aromatic heterocycles. The molecule has 4 heteroatoms. The van der Waals surface area contributed by atoms with Gasteiger partial charge in [-0.1, -0.05) is 19.1 Å². The van der Waals surface area contributed by atoms with Gasteiger partial charge in [0, 0.05) is 18.2 Å². The summed E-state index contributed by atoms with van der Waals surface area (Å²) in [6.45, 7) is 3.65. The van der Waals surface area contributed by atoms with Crippen LogP contribution in [-0.2, 0) is 0 Å². The molecular weight excluding hydrogens is 210 g/mol. The van der Waals surface area contributed by atoms with E-state index < -0.39 is 11.6 Å². The van der Waals surface area contributed by atoms with Crippen molar-refractivity contribution in [1.29, 1.82) is 0 Å². The number of rotatable bonds is 2. The van der Waals surface area contributed by atoms with Crippen LogP contribution in [0.2, 0.25) is 0 Å². The SMILES string of the molecule is CCN1CCC(N)C1c1cccc(F)c1F. The summed E-state index contributed by atoms with van der Waals surface area (Å²) in [6.07, 6.45) is 0.828. The lowest BCUT2D eigenvalue weighted by Gasteiger charge is -2.26. The second kappa shape index (κ2) is 4.47. The number of benzene rings is 1. The quantitative estimate of drug-likeness (QED) is 0.836. The molecule has 0 saturated carbocycles. The first-order valence-electron chi connectivity index (χ1n) is 5.58.